The summed E-state index contributed by atoms with van der Waals surface area (Å²) < 4.78 is 3.49. The van der Waals surface area contributed by atoms with Gasteiger partial charge in [-0.05, 0) is 38.0 Å². The highest BCUT2D eigenvalue weighted by Crippen LogP contribution is 2.22. The van der Waals surface area contributed by atoms with Crippen LogP contribution in [0, 0.1) is 0 Å². The van der Waals surface area contributed by atoms with Gasteiger partial charge in [-0.3, -0.25) is 13.9 Å². The Bertz CT molecular complexity index is 724. The lowest BCUT2D eigenvalue weighted by molar-refractivity contribution is 0.0946. The normalized spacial score (nSPS) is 14.5. The highest BCUT2D eigenvalue weighted by atomic mass is 16.2. The van der Waals surface area contributed by atoms with Gasteiger partial charge >= 0.3 is 5.69 Å². The van der Waals surface area contributed by atoms with Gasteiger partial charge in [0.1, 0.15) is 0 Å². The first-order valence-electron chi connectivity index (χ1n) is 6.71. The molecule has 1 aliphatic heterocycles. The van der Waals surface area contributed by atoms with E-state index in [0.29, 0.717) is 25.2 Å². The summed E-state index contributed by atoms with van der Waals surface area (Å²) in [6, 6.07) is 3.86. The molecule has 0 bridgehead atoms. The summed E-state index contributed by atoms with van der Waals surface area (Å²) in [4.78, 5) is 24.2. The van der Waals surface area contributed by atoms with Crippen LogP contribution in [0.25, 0.3) is 11.0 Å². The highest BCUT2D eigenvalue weighted by Gasteiger charge is 2.20. The van der Waals surface area contributed by atoms with Crippen LogP contribution >= 0.6 is 0 Å². The number of carbonyl (C=O) groups excluding carboxylic acids is 1. The molecule has 1 amide bonds. The number of hydrogen-bond donors (Lipinski definition) is 1. The van der Waals surface area contributed by atoms with Crippen molar-refractivity contribution in [1.29, 1.82) is 0 Å². The molecule has 2 aromatic rings. The van der Waals surface area contributed by atoms with E-state index in [2.05, 4.69) is 5.32 Å². The molecule has 5 heteroatoms. The van der Waals surface area contributed by atoms with E-state index in [4.69, 9.17) is 0 Å². The predicted octanol–water partition coefficient (Wildman–Crippen LogP) is 1.13. The van der Waals surface area contributed by atoms with Gasteiger partial charge in [-0.25, -0.2) is 4.79 Å². The predicted molar refractivity (Wildman–Crippen MR) is 73.6 cm³/mol. The Hall–Kier alpha value is -2.04. The van der Waals surface area contributed by atoms with Gasteiger partial charge in [-0.1, -0.05) is 0 Å². The number of aryl methyl sites for hydroxylation is 2. The molecule has 0 unspecified atom stereocenters. The number of benzene rings is 1. The van der Waals surface area contributed by atoms with E-state index >= 15 is 0 Å². The molecule has 5 nitrogen and oxygen atoms in total. The fourth-order valence-corrected chi connectivity index (χ4v) is 2.84. The van der Waals surface area contributed by atoms with Crippen LogP contribution in [-0.4, -0.2) is 21.6 Å². The van der Waals surface area contributed by atoms with Gasteiger partial charge in [-0.15, -0.1) is 0 Å². The molecular formula is C14H17N3O2. The monoisotopic (exact) mass is 259 g/mol. The topological polar surface area (TPSA) is 56.0 Å². The van der Waals surface area contributed by atoms with Gasteiger partial charge < -0.3 is 5.32 Å². The maximum atomic E-state index is 12.3. The Kier molecular flexibility index (Phi) is 2.69. The third-order valence-electron chi connectivity index (χ3n) is 3.80. The molecule has 0 saturated carbocycles. The van der Waals surface area contributed by atoms with E-state index in [0.717, 1.165) is 23.0 Å². The van der Waals surface area contributed by atoms with Gasteiger partial charge in [-0.2, -0.15) is 0 Å². The van der Waals surface area contributed by atoms with Crippen LogP contribution in [0.2, 0.25) is 0 Å². The minimum Gasteiger partial charge on any atom is -0.352 e. The Labute approximate surface area is 110 Å². The smallest absolute Gasteiger partial charge is 0.329 e. The fraction of sp³-hybridized carbons (Fsp3) is 0.429. The molecule has 1 aromatic heterocycles. The number of nitrogens with zero attached hydrogens (tertiary/aromatic N) is 2. The zero-order valence-corrected chi connectivity index (χ0v) is 11.2. The van der Waals surface area contributed by atoms with Crippen LogP contribution in [0.3, 0.4) is 0 Å². The van der Waals surface area contributed by atoms with Crippen LogP contribution in [0.15, 0.2) is 16.9 Å². The Balaban J connectivity index is 2.40. The molecule has 100 valence electrons. The Morgan fingerprint density at radius 3 is 2.37 bits per heavy atom. The van der Waals surface area contributed by atoms with E-state index in [1.165, 1.54) is 0 Å². The summed E-state index contributed by atoms with van der Waals surface area (Å²) >= 11 is 0. The van der Waals surface area contributed by atoms with Crippen LogP contribution in [0.4, 0.5) is 0 Å². The number of nitrogens with one attached hydrogen (secondary N) is 1. The first-order chi connectivity index (χ1) is 9.17. The van der Waals surface area contributed by atoms with E-state index in [1.54, 1.807) is 9.13 Å². The van der Waals surface area contributed by atoms with Gasteiger partial charge in [0.25, 0.3) is 5.91 Å². The number of amides is 1. The largest absolute Gasteiger partial charge is 0.352 e. The van der Waals surface area contributed by atoms with Crippen molar-refractivity contribution in [1.82, 2.24) is 14.5 Å². The zero-order chi connectivity index (χ0) is 13.6. The molecule has 2 heterocycles. The average Bonchev–Trinajstić information content (AvgIpc) is 2.67. The lowest BCUT2D eigenvalue weighted by Crippen LogP contribution is -2.31. The lowest BCUT2D eigenvalue weighted by atomic mass is 9.99. The number of rotatable bonds is 2. The quantitative estimate of drug-likeness (QED) is 0.879. The van der Waals surface area contributed by atoms with E-state index < -0.39 is 0 Å². The number of carbonyl (C=O) groups is 1. The van der Waals surface area contributed by atoms with Crippen molar-refractivity contribution in [3.8, 4) is 0 Å². The van der Waals surface area contributed by atoms with E-state index in [1.807, 2.05) is 26.0 Å². The third kappa shape index (κ3) is 1.61. The summed E-state index contributed by atoms with van der Waals surface area (Å²) in [5.74, 6) is -0.0394. The van der Waals surface area contributed by atoms with Crippen molar-refractivity contribution in [2.24, 2.45) is 0 Å². The van der Waals surface area contributed by atoms with Crippen LogP contribution < -0.4 is 11.0 Å². The summed E-state index contributed by atoms with van der Waals surface area (Å²) in [5.41, 5.74) is 3.52. The number of fused-ring (bicyclic) bond motifs is 2. The van der Waals surface area contributed by atoms with E-state index in [-0.39, 0.29) is 11.6 Å². The van der Waals surface area contributed by atoms with Gasteiger partial charge in [0, 0.05) is 25.2 Å². The molecule has 0 atom stereocenters. The maximum Gasteiger partial charge on any atom is 0.329 e. The van der Waals surface area contributed by atoms with Crippen molar-refractivity contribution in [3.05, 3.63) is 33.7 Å². The van der Waals surface area contributed by atoms with Crippen molar-refractivity contribution < 1.29 is 4.79 Å². The summed E-state index contributed by atoms with van der Waals surface area (Å²) in [5, 5.41) is 2.84. The lowest BCUT2D eigenvalue weighted by Gasteiger charge is -2.16. The molecule has 0 aliphatic carbocycles. The second-order valence-corrected chi connectivity index (χ2v) is 4.78. The number of hydrogen-bond acceptors (Lipinski definition) is 2. The second-order valence-electron chi connectivity index (χ2n) is 4.78. The summed E-state index contributed by atoms with van der Waals surface area (Å²) in [6.45, 7) is 5.84. The van der Waals surface area contributed by atoms with Crippen LogP contribution in [-0.2, 0) is 19.5 Å². The zero-order valence-electron chi connectivity index (χ0n) is 11.2. The minimum atomic E-state index is -0.0394. The molecular weight excluding hydrogens is 242 g/mol. The molecule has 3 rings (SSSR count). The maximum absolute atomic E-state index is 12.3. The second kappa shape index (κ2) is 4.26. The standard InChI is InChI=1S/C14H17N3O2/c1-3-16-11-7-9-5-6-15-13(18)10(9)8-12(11)17(4-2)14(16)19/h7-8H,3-6H2,1-2H3,(H,15,18). The van der Waals surface area contributed by atoms with Gasteiger partial charge in [0.2, 0.25) is 0 Å². The van der Waals surface area contributed by atoms with Crippen molar-refractivity contribution in [3.63, 3.8) is 0 Å². The van der Waals surface area contributed by atoms with Crippen molar-refractivity contribution in [2.45, 2.75) is 33.4 Å². The molecule has 0 spiro atoms. The first-order valence-corrected chi connectivity index (χ1v) is 6.71. The average molecular weight is 259 g/mol. The molecule has 1 aliphatic rings. The minimum absolute atomic E-state index is 0.00255. The summed E-state index contributed by atoms with van der Waals surface area (Å²) in [7, 11) is 0. The molecule has 1 aromatic carbocycles. The molecule has 0 fully saturated rings. The van der Waals surface area contributed by atoms with Crippen molar-refractivity contribution >= 4 is 16.9 Å². The fourth-order valence-electron chi connectivity index (χ4n) is 2.84. The van der Waals surface area contributed by atoms with Gasteiger partial charge in [0.05, 0.1) is 11.0 Å². The van der Waals surface area contributed by atoms with Crippen molar-refractivity contribution in [2.75, 3.05) is 6.54 Å². The number of aromatic nitrogens is 2. The Morgan fingerprint density at radius 2 is 1.74 bits per heavy atom. The molecule has 0 radical (unpaired) electrons. The molecule has 19 heavy (non-hydrogen) atoms. The Morgan fingerprint density at radius 1 is 1.11 bits per heavy atom. The van der Waals surface area contributed by atoms with Crippen LogP contribution in [0.5, 0.6) is 0 Å². The van der Waals surface area contributed by atoms with Crippen LogP contribution in [0.1, 0.15) is 29.8 Å². The summed E-state index contributed by atoms with van der Waals surface area (Å²) in [6.07, 6.45) is 0.826. The molecule has 1 N–H and O–H groups in total. The van der Waals surface area contributed by atoms with E-state index in [9.17, 15) is 9.59 Å². The SMILES string of the molecule is CCn1c(=O)n(CC)c2cc3c(cc21)CCNC3=O. The van der Waals surface area contributed by atoms with Gasteiger partial charge in [0.15, 0.2) is 0 Å². The number of imidazole rings is 1. The third-order valence-corrected chi connectivity index (χ3v) is 3.80. The highest BCUT2D eigenvalue weighted by molar-refractivity contribution is 6.00. The first kappa shape index (κ1) is 12.0. The molecule has 0 saturated heterocycles.